The molecule has 0 radical (unpaired) electrons. The summed E-state index contributed by atoms with van der Waals surface area (Å²) in [6.07, 6.45) is -3.05. The van der Waals surface area contributed by atoms with E-state index in [1.165, 1.54) is 36.0 Å². The number of ether oxygens (including phenoxy) is 1. The quantitative estimate of drug-likeness (QED) is 0.865. The Balaban J connectivity index is 1.82. The third kappa shape index (κ3) is 4.23. The number of nitrogens with zero attached hydrogens (tertiary/aromatic N) is 1. The molecule has 1 aliphatic rings. The fraction of sp³-hybridized carbons (Fsp3) is 0.375. The molecule has 9 heteroatoms. The van der Waals surface area contributed by atoms with Crippen LogP contribution in [0.15, 0.2) is 35.1 Å². The van der Waals surface area contributed by atoms with Crippen LogP contribution in [0.25, 0.3) is 0 Å². The predicted octanol–water partition coefficient (Wildman–Crippen LogP) is 2.49. The molecule has 1 atom stereocenters. The average Bonchev–Trinajstić information content (AvgIpc) is 3.27. The van der Waals surface area contributed by atoms with Crippen LogP contribution in [-0.4, -0.2) is 22.1 Å². The number of hydrogen-bond acceptors (Lipinski definition) is 3. The lowest BCUT2D eigenvalue weighted by Gasteiger charge is -2.20. The molecule has 1 fully saturated rings. The summed E-state index contributed by atoms with van der Waals surface area (Å²) >= 11 is 0. The maximum atomic E-state index is 12.4. The van der Waals surface area contributed by atoms with Crippen LogP contribution < -0.4 is 15.6 Å². The van der Waals surface area contributed by atoms with Crippen LogP contribution in [0.2, 0.25) is 0 Å². The van der Waals surface area contributed by atoms with E-state index in [4.69, 9.17) is 0 Å². The normalized spacial score (nSPS) is 15.7. The van der Waals surface area contributed by atoms with Gasteiger partial charge >= 0.3 is 6.36 Å². The van der Waals surface area contributed by atoms with Gasteiger partial charge in [-0.2, -0.15) is 0 Å². The van der Waals surface area contributed by atoms with Crippen LogP contribution in [0.3, 0.4) is 0 Å². The summed E-state index contributed by atoms with van der Waals surface area (Å²) in [5.41, 5.74) is 0.271. The van der Waals surface area contributed by atoms with Crippen LogP contribution in [0.4, 0.5) is 13.2 Å². The molecule has 3 rings (SSSR count). The molecule has 25 heavy (non-hydrogen) atoms. The van der Waals surface area contributed by atoms with Gasteiger partial charge in [0.1, 0.15) is 11.4 Å². The molecule has 1 aromatic heterocycles. The van der Waals surface area contributed by atoms with E-state index in [1.807, 2.05) is 0 Å². The molecular formula is C16H16F3N3O3. The topological polar surface area (TPSA) is 76.1 Å². The molecule has 1 aliphatic carbocycles. The lowest BCUT2D eigenvalue weighted by atomic mass is 10.0. The van der Waals surface area contributed by atoms with E-state index >= 15 is 0 Å². The molecule has 0 aliphatic heterocycles. The Morgan fingerprint density at radius 1 is 1.36 bits per heavy atom. The molecule has 1 unspecified atom stereocenters. The Morgan fingerprint density at radius 2 is 2.08 bits per heavy atom. The van der Waals surface area contributed by atoms with Crippen molar-refractivity contribution >= 4 is 5.91 Å². The van der Waals surface area contributed by atoms with Crippen LogP contribution >= 0.6 is 0 Å². The number of benzene rings is 1. The minimum absolute atomic E-state index is 0.140. The number of aromatic amines is 1. The second-order valence-corrected chi connectivity index (χ2v) is 5.97. The maximum absolute atomic E-state index is 12.4. The average molecular weight is 355 g/mol. The van der Waals surface area contributed by atoms with Gasteiger partial charge in [-0.05, 0) is 36.5 Å². The van der Waals surface area contributed by atoms with Gasteiger partial charge in [-0.25, -0.2) is 0 Å². The molecular weight excluding hydrogens is 339 g/mol. The summed E-state index contributed by atoms with van der Waals surface area (Å²) in [6, 6.07) is 6.29. The summed E-state index contributed by atoms with van der Waals surface area (Å²) in [5, 5.41) is 5.24. The van der Waals surface area contributed by atoms with E-state index in [2.05, 4.69) is 15.2 Å². The SMILES string of the molecule is Cn1[nH]c(=O)cc1C(=O)NC(c1cccc(OC(F)(F)F)c1)C1CC1. The van der Waals surface area contributed by atoms with E-state index in [1.54, 1.807) is 6.07 Å². The highest BCUT2D eigenvalue weighted by Gasteiger charge is 2.35. The molecule has 0 spiro atoms. The van der Waals surface area contributed by atoms with E-state index in [0.29, 0.717) is 5.56 Å². The number of hydrogen-bond donors (Lipinski definition) is 2. The second kappa shape index (κ2) is 6.30. The first kappa shape index (κ1) is 17.1. The van der Waals surface area contributed by atoms with Gasteiger partial charge in [0.05, 0.1) is 6.04 Å². The zero-order chi connectivity index (χ0) is 18.2. The first-order valence-electron chi connectivity index (χ1n) is 7.65. The van der Waals surface area contributed by atoms with Crippen LogP contribution in [0, 0.1) is 5.92 Å². The van der Waals surface area contributed by atoms with Gasteiger partial charge in [0, 0.05) is 13.1 Å². The zero-order valence-electron chi connectivity index (χ0n) is 13.3. The molecule has 1 heterocycles. The van der Waals surface area contributed by atoms with Crippen molar-refractivity contribution < 1.29 is 22.7 Å². The fourth-order valence-electron chi connectivity index (χ4n) is 2.72. The summed E-state index contributed by atoms with van der Waals surface area (Å²) in [4.78, 5) is 23.7. The lowest BCUT2D eigenvalue weighted by Crippen LogP contribution is -2.31. The van der Waals surface area contributed by atoms with Crippen LogP contribution in [0.5, 0.6) is 5.75 Å². The highest BCUT2D eigenvalue weighted by Crippen LogP contribution is 2.42. The zero-order valence-corrected chi connectivity index (χ0v) is 13.3. The Labute approximate surface area is 140 Å². The van der Waals surface area contributed by atoms with Gasteiger partial charge in [0.2, 0.25) is 0 Å². The van der Waals surface area contributed by atoms with E-state index < -0.39 is 23.9 Å². The summed E-state index contributed by atoms with van der Waals surface area (Å²) in [5.74, 6) is -0.667. The number of aromatic nitrogens is 2. The maximum Gasteiger partial charge on any atom is 0.573 e. The van der Waals surface area contributed by atoms with Gasteiger partial charge in [-0.1, -0.05) is 12.1 Å². The monoisotopic (exact) mass is 355 g/mol. The van der Waals surface area contributed by atoms with Crippen molar-refractivity contribution in [2.24, 2.45) is 13.0 Å². The first-order chi connectivity index (χ1) is 11.7. The van der Waals surface area contributed by atoms with E-state index in [0.717, 1.165) is 12.8 Å². The van der Waals surface area contributed by atoms with Gasteiger partial charge in [0.15, 0.2) is 0 Å². The highest BCUT2D eigenvalue weighted by atomic mass is 19.4. The molecule has 134 valence electrons. The van der Waals surface area contributed by atoms with Crippen molar-refractivity contribution in [1.29, 1.82) is 0 Å². The summed E-state index contributed by atoms with van der Waals surface area (Å²) in [6.45, 7) is 0. The number of carbonyl (C=O) groups is 1. The number of nitrogens with one attached hydrogen (secondary N) is 2. The van der Waals surface area contributed by atoms with Crippen LogP contribution in [0.1, 0.15) is 34.9 Å². The van der Waals surface area contributed by atoms with Crippen LogP contribution in [-0.2, 0) is 7.05 Å². The Morgan fingerprint density at radius 3 is 2.64 bits per heavy atom. The molecule has 1 saturated carbocycles. The summed E-state index contributed by atoms with van der Waals surface area (Å²) < 4.78 is 42.4. The molecule has 6 nitrogen and oxygen atoms in total. The Kier molecular flexibility index (Phi) is 4.32. The van der Waals surface area contributed by atoms with Gasteiger partial charge < -0.3 is 10.1 Å². The predicted molar refractivity (Wildman–Crippen MR) is 82.1 cm³/mol. The molecule has 1 aromatic carbocycles. The van der Waals surface area contributed by atoms with Crippen molar-refractivity contribution in [3.05, 3.63) is 51.9 Å². The number of aryl methyl sites for hydroxylation is 1. The number of carbonyl (C=O) groups excluding carboxylic acids is 1. The number of alkyl halides is 3. The highest BCUT2D eigenvalue weighted by molar-refractivity contribution is 5.92. The summed E-state index contributed by atoms with van der Waals surface area (Å²) in [7, 11) is 1.53. The number of rotatable bonds is 5. The molecule has 1 amide bonds. The van der Waals surface area contributed by atoms with Crippen molar-refractivity contribution in [2.45, 2.75) is 25.2 Å². The third-order valence-corrected chi connectivity index (χ3v) is 3.97. The minimum Gasteiger partial charge on any atom is -0.406 e. The Hall–Kier alpha value is -2.71. The second-order valence-electron chi connectivity index (χ2n) is 5.97. The third-order valence-electron chi connectivity index (χ3n) is 3.97. The smallest absolute Gasteiger partial charge is 0.406 e. The number of amides is 1. The largest absolute Gasteiger partial charge is 0.573 e. The van der Waals surface area contributed by atoms with Gasteiger partial charge in [-0.3, -0.25) is 19.4 Å². The van der Waals surface area contributed by atoms with Gasteiger partial charge in [0.25, 0.3) is 11.5 Å². The molecule has 2 aromatic rings. The van der Waals surface area contributed by atoms with Crippen molar-refractivity contribution in [3.8, 4) is 5.75 Å². The van der Waals surface area contributed by atoms with E-state index in [9.17, 15) is 22.8 Å². The van der Waals surface area contributed by atoms with Gasteiger partial charge in [-0.15, -0.1) is 13.2 Å². The molecule has 0 bridgehead atoms. The van der Waals surface area contributed by atoms with Crippen molar-refractivity contribution in [3.63, 3.8) is 0 Å². The fourth-order valence-corrected chi connectivity index (χ4v) is 2.72. The Bertz CT molecular complexity index is 837. The molecule has 0 saturated heterocycles. The standard InChI is InChI=1S/C16H16F3N3O3/c1-22-12(8-13(23)21-22)15(24)20-14(9-5-6-9)10-3-2-4-11(7-10)25-16(17,18)19/h2-4,7-9,14H,5-6H2,1H3,(H,20,24)(H,21,23). The van der Waals surface area contributed by atoms with E-state index in [-0.39, 0.29) is 17.4 Å². The van der Waals surface area contributed by atoms with Crippen molar-refractivity contribution in [2.75, 3.05) is 0 Å². The lowest BCUT2D eigenvalue weighted by molar-refractivity contribution is -0.274. The number of H-pyrrole nitrogens is 1. The molecule has 2 N–H and O–H groups in total. The number of halogens is 3. The van der Waals surface area contributed by atoms with Crippen molar-refractivity contribution in [1.82, 2.24) is 15.1 Å². The first-order valence-corrected chi connectivity index (χ1v) is 7.65. The minimum atomic E-state index is -4.78.